The number of imide groups is 1. The second-order valence-corrected chi connectivity index (χ2v) is 8.62. The van der Waals surface area contributed by atoms with Gasteiger partial charge in [0.1, 0.15) is 5.75 Å². The molecule has 1 aliphatic heterocycles. The van der Waals surface area contributed by atoms with Crippen LogP contribution in [0.2, 0.25) is 5.02 Å². The third-order valence-electron chi connectivity index (χ3n) is 6.74. The number of methoxy groups -OCH3 is 1. The van der Waals surface area contributed by atoms with E-state index in [0.717, 1.165) is 19.3 Å². The number of benzene rings is 2. The van der Waals surface area contributed by atoms with Gasteiger partial charge in [0, 0.05) is 0 Å². The van der Waals surface area contributed by atoms with Crippen LogP contribution >= 0.6 is 11.6 Å². The number of nitrogens with zero attached hydrogens (tertiary/aromatic N) is 1. The second kappa shape index (κ2) is 7.13. The van der Waals surface area contributed by atoms with Gasteiger partial charge in [-0.2, -0.15) is 0 Å². The molecule has 1 heterocycles. The van der Waals surface area contributed by atoms with E-state index in [1.165, 1.54) is 18.1 Å². The highest BCUT2D eigenvalue weighted by atomic mass is 35.5. The normalized spacial score (nSPS) is 26.8. The summed E-state index contributed by atoms with van der Waals surface area (Å²) in [6, 6.07) is 11.7. The van der Waals surface area contributed by atoms with E-state index in [9.17, 15) is 14.4 Å². The zero-order valence-electron chi connectivity index (χ0n) is 16.4. The van der Waals surface area contributed by atoms with Gasteiger partial charge >= 0.3 is 0 Å². The van der Waals surface area contributed by atoms with Gasteiger partial charge in [-0.05, 0) is 61.4 Å². The van der Waals surface area contributed by atoms with Gasteiger partial charge in [0.2, 0.25) is 11.8 Å². The third-order valence-corrected chi connectivity index (χ3v) is 7.06. The monoisotopic (exact) mass is 424 g/mol. The van der Waals surface area contributed by atoms with Gasteiger partial charge in [0.05, 0.1) is 40.9 Å². The van der Waals surface area contributed by atoms with E-state index in [2.05, 4.69) is 5.32 Å². The van der Waals surface area contributed by atoms with E-state index in [1.54, 1.807) is 36.4 Å². The summed E-state index contributed by atoms with van der Waals surface area (Å²) >= 11 is 6.28. The fourth-order valence-electron chi connectivity index (χ4n) is 5.43. The van der Waals surface area contributed by atoms with Gasteiger partial charge < -0.3 is 10.1 Å². The van der Waals surface area contributed by atoms with Crippen molar-refractivity contribution in [3.8, 4) is 5.75 Å². The topological polar surface area (TPSA) is 75.7 Å². The molecule has 7 heteroatoms. The zero-order valence-corrected chi connectivity index (χ0v) is 17.2. The first-order valence-corrected chi connectivity index (χ1v) is 10.5. The molecule has 0 unspecified atom stereocenters. The number of carbonyl (C=O) groups is 3. The average molecular weight is 425 g/mol. The molecule has 4 atom stereocenters. The molecule has 1 saturated heterocycles. The van der Waals surface area contributed by atoms with Crippen molar-refractivity contribution >= 4 is 40.7 Å². The smallest absolute Gasteiger partial charge is 0.257 e. The molecule has 2 aromatic carbocycles. The number of amides is 3. The Morgan fingerprint density at radius 3 is 2.40 bits per heavy atom. The quantitative estimate of drug-likeness (QED) is 0.748. The lowest BCUT2D eigenvalue weighted by atomic mass is 9.81. The molecule has 2 aromatic rings. The van der Waals surface area contributed by atoms with Gasteiger partial charge in [0.15, 0.2) is 0 Å². The number of hydrogen-bond acceptors (Lipinski definition) is 4. The van der Waals surface area contributed by atoms with Gasteiger partial charge in [-0.15, -0.1) is 0 Å². The van der Waals surface area contributed by atoms with Crippen molar-refractivity contribution in [3.63, 3.8) is 0 Å². The van der Waals surface area contributed by atoms with Crippen LogP contribution in [0.1, 0.15) is 29.6 Å². The maximum Gasteiger partial charge on any atom is 0.257 e. The van der Waals surface area contributed by atoms with Crippen molar-refractivity contribution in [3.05, 3.63) is 53.1 Å². The van der Waals surface area contributed by atoms with Crippen molar-refractivity contribution < 1.29 is 19.1 Å². The molecule has 3 fully saturated rings. The maximum atomic E-state index is 13.1. The molecular weight excluding hydrogens is 404 g/mol. The van der Waals surface area contributed by atoms with E-state index >= 15 is 0 Å². The predicted octanol–water partition coefficient (Wildman–Crippen LogP) is 4.14. The van der Waals surface area contributed by atoms with Crippen LogP contribution in [0.25, 0.3) is 0 Å². The molecule has 3 amide bonds. The van der Waals surface area contributed by atoms with Crippen molar-refractivity contribution in [2.75, 3.05) is 17.3 Å². The number of halogens is 1. The number of rotatable bonds is 4. The van der Waals surface area contributed by atoms with Crippen LogP contribution < -0.4 is 15.0 Å². The van der Waals surface area contributed by atoms with Crippen molar-refractivity contribution in [1.82, 2.24) is 0 Å². The molecule has 6 nitrogen and oxygen atoms in total. The zero-order chi connectivity index (χ0) is 21.0. The molecule has 0 aromatic heterocycles. The van der Waals surface area contributed by atoms with Crippen molar-refractivity contribution in [2.45, 2.75) is 19.3 Å². The SMILES string of the molecule is COc1ccccc1NC(=O)c1cc(N2C(=O)[C@@H]3[C@H]4CC[C@@H](C4)[C@H]3C2=O)ccc1Cl. The Kier molecular flexibility index (Phi) is 4.54. The van der Waals surface area contributed by atoms with Crippen LogP contribution in [0.4, 0.5) is 11.4 Å². The Balaban J connectivity index is 1.45. The highest BCUT2D eigenvalue weighted by Gasteiger charge is 2.61. The van der Waals surface area contributed by atoms with E-state index in [4.69, 9.17) is 16.3 Å². The first kappa shape index (κ1) is 19.1. The Morgan fingerprint density at radius 1 is 1.07 bits per heavy atom. The lowest BCUT2D eigenvalue weighted by Gasteiger charge is -2.19. The molecule has 154 valence electrons. The highest BCUT2D eigenvalue weighted by molar-refractivity contribution is 6.35. The van der Waals surface area contributed by atoms with Gasteiger partial charge in [-0.25, -0.2) is 0 Å². The number of nitrogens with one attached hydrogen (secondary N) is 1. The summed E-state index contributed by atoms with van der Waals surface area (Å²) in [6.07, 6.45) is 3.02. The molecular formula is C23H21ClN2O4. The lowest BCUT2D eigenvalue weighted by molar-refractivity contribution is -0.123. The number of para-hydroxylation sites is 2. The summed E-state index contributed by atoms with van der Waals surface area (Å²) in [4.78, 5) is 40.3. The number of carbonyl (C=O) groups excluding carboxylic acids is 3. The van der Waals surface area contributed by atoms with Crippen molar-refractivity contribution in [1.29, 1.82) is 0 Å². The average Bonchev–Trinajstić information content (AvgIpc) is 3.43. The summed E-state index contributed by atoms with van der Waals surface area (Å²) in [6.45, 7) is 0. The number of hydrogen-bond donors (Lipinski definition) is 1. The Hall–Kier alpha value is -2.86. The number of fused-ring (bicyclic) bond motifs is 5. The molecule has 0 radical (unpaired) electrons. The van der Waals surface area contributed by atoms with Crippen LogP contribution in [-0.4, -0.2) is 24.8 Å². The van der Waals surface area contributed by atoms with Gasteiger partial charge in [-0.3, -0.25) is 19.3 Å². The summed E-state index contributed by atoms with van der Waals surface area (Å²) in [5, 5.41) is 3.03. The van der Waals surface area contributed by atoms with Crippen LogP contribution in [-0.2, 0) is 9.59 Å². The van der Waals surface area contributed by atoms with Crippen LogP contribution in [0.15, 0.2) is 42.5 Å². The molecule has 2 aliphatic carbocycles. The van der Waals surface area contributed by atoms with Crippen LogP contribution in [0.3, 0.4) is 0 Å². The minimum atomic E-state index is -0.439. The predicted molar refractivity (Wildman–Crippen MR) is 113 cm³/mol. The summed E-state index contributed by atoms with van der Waals surface area (Å²) in [5.41, 5.74) is 1.10. The standard InChI is InChI=1S/C23H21ClN2O4/c1-30-18-5-3-2-4-17(18)25-21(27)15-11-14(8-9-16(15)24)26-22(28)19-12-6-7-13(10-12)20(19)23(26)29/h2-5,8-9,11-13,19-20H,6-7,10H2,1H3,(H,25,27)/t12-,13-,19+,20+/m0/s1. The van der Waals surface area contributed by atoms with E-state index in [1.807, 2.05) is 0 Å². The molecule has 2 saturated carbocycles. The Bertz CT molecular complexity index is 1040. The molecule has 2 bridgehead atoms. The molecule has 30 heavy (non-hydrogen) atoms. The molecule has 0 spiro atoms. The number of ether oxygens (including phenoxy) is 1. The van der Waals surface area contributed by atoms with E-state index < -0.39 is 5.91 Å². The first-order valence-electron chi connectivity index (χ1n) is 10.1. The van der Waals surface area contributed by atoms with Crippen molar-refractivity contribution in [2.24, 2.45) is 23.7 Å². The van der Waals surface area contributed by atoms with Gasteiger partial charge in [0.25, 0.3) is 5.91 Å². The molecule has 5 rings (SSSR count). The largest absolute Gasteiger partial charge is 0.495 e. The first-order chi connectivity index (χ1) is 14.5. The Labute approximate surface area is 179 Å². The molecule has 1 N–H and O–H groups in total. The summed E-state index contributed by atoms with van der Waals surface area (Å²) in [7, 11) is 1.52. The summed E-state index contributed by atoms with van der Waals surface area (Å²) < 4.78 is 5.27. The Morgan fingerprint density at radius 2 is 1.73 bits per heavy atom. The lowest BCUT2D eigenvalue weighted by Crippen LogP contribution is -2.33. The molecule has 3 aliphatic rings. The highest BCUT2D eigenvalue weighted by Crippen LogP contribution is 2.56. The fraction of sp³-hybridized carbons (Fsp3) is 0.348. The third kappa shape index (κ3) is 2.82. The van der Waals surface area contributed by atoms with Crippen LogP contribution in [0, 0.1) is 23.7 Å². The van der Waals surface area contributed by atoms with E-state index in [-0.39, 0.29) is 34.2 Å². The number of anilines is 2. The minimum Gasteiger partial charge on any atom is -0.495 e. The minimum absolute atomic E-state index is 0.143. The van der Waals surface area contributed by atoms with Gasteiger partial charge in [-0.1, -0.05) is 23.7 Å². The van der Waals surface area contributed by atoms with E-state index in [0.29, 0.717) is 29.0 Å². The van der Waals surface area contributed by atoms with Crippen LogP contribution in [0.5, 0.6) is 5.75 Å². The second-order valence-electron chi connectivity index (χ2n) is 8.22. The fourth-order valence-corrected chi connectivity index (χ4v) is 5.63. The summed E-state index contributed by atoms with van der Waals surface area (Å²) in [5.74, 6) is -0.0112. The maximum absolute atomic E-state index is 13.1.